The molecule has 0 aromatic heterocycles. The highest BCUT2D eigenvalue weighted by molar-refractivity contribution is 5.78. The number of carbonyl (C=O) groups excluding carboxylic acids is 1. The van der Waals surface area contributed by atoms with Gasteiger partial charge in [-0.25, -0.2) is 0 Å². The van der Waals surface area contributed by atoms with E-state index in [0.29, 0.717) is 11.9 Å². The molecule has 1 amide bonds. The molecular weight excluding hydrogens is 348 g/mol. The molecule has 0 bridgehead atoms. The van der Waals surface area contributed by atoms with Crippen molar-refractivity contribution in [3.05, 3.63) is 35.9 Å². The summed E-state index contributed by atoms with van der Waals surface area (Å²) in [5.74, 6) is 0.520. The van der Waals surface area contributed by atoms with Crippen LogP contribution >= 0.6 is 0 Å². The maximum atomic E-state index is 12.8. The van der Waals surface area contributed by atoms with Crippen LogP contribution in [0.15, 0.2) is 30.3 Å². The van der Waals surface area contributed by atoms with Crippen LogP contribution in [0.3, 0.4) is 0 Å². The van der Waals surface area contributed by atoms with E-state index in [-0.39, 0.29) is 5.92 Å². The fourth-order valence-corrected chi connectivity index (χ4v) is 4.68. The lowest BCUT2D eigenvalue weighted by Crippen LogP contribution is -2.51. The van der Waals surface area contributed by atoms with E-state index in [0.717, 1.165) is 45.4 Å². The predicted octanol–water partition coefficient (Wildman–Crippen LogP) is 2.08. The van der Waals surface area contributed by atoms with Gasteiger partial charge in [0.2, 0.25) is 5.91 Å². The molecule has 3 rings (SSSR count). The number of benzene rings is 1. The van der Waals surface area contributed by atoms with Crippen molar-refractivity contribution in [2.24, 2.45) is 5.92 Å². The number of nitrogens with zero attached hydrogens (tertiary/aromatic N) is 3. The van der Waals surface area contributed by atoms with Gasteiger partial charge in [-0.3, -0.25) is 9.69 Å². The Balaban J connectivity index is 1.41. The molecule has 2 aliphatic heterocycles. The third kappa shape index (κ3) is 6.03. The normalized spacial score (nSPS) is 22.3. The van der Waals surface area contributed by atoms with Crippen molar-refractivity contribution >= 4 is 5.91 Å². The van der Waals surface area contributed by atoms with E-state index in [1.807, 2.05) is 19.0 Å². The fourth-order valence-electron chi connectivity index (χ4n) is 4.68. The second kappa shape index (κ2) is 10.9. The van der Waals surface area contributed by atoms with Crippen molar-refractivity contribution < 1.29 is 4.79 Å². The third-order valence-electron chi connectivity index (χ3n) is 6.51. The van der Waals surface area contributed by atoms with Crippen LogP contribution < -0.4 is 5.32 Å². The molecule has 1 atom stereocenters. The highest BCUT2D eigenvalue weighted by atomic mass is 16.2. The molecule has 2 fully saturated rings. The van der Waals surface area contributed by atoms with Gasteiger partial charge >= 0.3 is 0 Å². The first-order chi connectivity index (χ1) is 13.7. The quantitative estimate of drug-likeness (QED) is 0.743. The van der Waals surface area contributed by atoms with Crippen molar-refractivity contribution in [2.45, 2.75) is 38.1 Å². The summed E-state index contributed by atoms with van der Waals surface area (Å²) < 4.78 is 0. The Morgan fingerprint density at radius 1 is 1.14 bits per heavy atom. The second-order valence-electron chi connectivity index (χ2n) is 8.51. The number of carbonyl (C=O) groups is 1. The van der Waals surface area contributed by atoms with Crippen LogP contribution in [-0.4, -0.2) is 86.6 Å². The van der Waals surface area contributed by atoms with E-state index in [1.165, 1.54) is 38.0 Å². The Hall–Kier alpha value is -1.43. The Kier molecular flexibility index (Phi) is 8.31. The summed E-state index contributed by atoms with van der Waals surface area (Å²) in [6.45, 7) is 7.32. The minimum absolute atomic E-state index is 0.187. The first-order valence-electron chi connectivity index (χ1n) is 11.1. The number of amides is 1. The number of nitrogens with one attached hydrogen (secondary N) is 1. The van der Waals surface area contributed by atoms with Gasteiger partial charge in [0.25, 0.3) is 0 Å². The first-order valence-corrected chi connectivity index (χ1v) is 11.1. The SMILES string of the molecule is CNCCN(C)C(=O)[C@H]1CCCN(C2CCN(CCc3ccccc3)CC2)C1. The maximum Gasteiger partial charge on any atom is 0.226 e. The molecule has 5 nitrogen and oxygen atoms in total. The zero-order valence-corrected chi connectivity index (χ0v) is 17.8. The van der Waals surface area contributed by atoms with Crippen molar-refractivity contribution in [2.75, 3.05) is 59.9 Å². The molecule has 2 heterocycles. The molecule has 0 unspecified atom stereocenters. The van der Waals surface area contributed by atoms with Crippen LogP contribution in [0.5, 0.6) is 0 Å². The average Bonchev–Trinajstić information content (AvgIpc) is 2.76. The smallest absolute Gasteiger partial charge is 0.226 e. The number of rotatable bonds is 8. The Labute approximate surface area is 171 Å². The van der Waals surface area contributed by atoms with Crippen LogP contribution in [0.4, 0.5) is 0 Å². The van der Waals surface area contributed by atoms with Gasteiger partial charge in [-0.1, -0.05) is 30.3 Å². The van der Waals surface area contributed by atoms with Crippen molar-refractivity contribution in [3.63, 3.8) is 0 Å². The lowest BCUT2D eigenvalue weighted by molar-refractivity contribution is -0.136. The summed E-state index contributed by atoms with van der Waals surface area (Å²) in [6, 6.07) is 11.5. The van der Waals surface area contributed by atoms with Gasteiger partial charge in [0.15, 0.2) is 0 Å². The third-order valence-corrected chi connectivity index (χ3v) is 6.51. The van der Waals surface area contributed by atoms with Crippen molar-refractivity contribution in [1.29, 1.82) is 0 Å². The molecule has 1 N–H and O–H groups in total. The van der Waals surface area contributed by atoms with Crippen LogP contribution in [0.2, 0.25) is 0 Å². The Bertz CT molecular complexity index is 586. The molecular formula is C23H38N4O. The van der Waals surface area contributed by atoms with Crippen LogP contribution in [-0.2, 0) is 11.2 Å². The summed E-state index contributed by atoms with van der Waals surface area (Å²) in [5.41, 5.74) is 1.43. The largest absolute Gasteiger partial charge is 0.344 e. The standard InChI is InChI=1S/C23H38N4O/c1-24-13-18-25(2)23(28)21-9-6-14-27(19-21)22-11-16-26(17-12-22)15-10-20-7-4-3-5-8-20/h3-5,7-8,21-22,24H,6,9-19H2,1-2H3/t21-/m0/s1. The molecule has 5 heteroatoms. The van der Waals surface area contributed by atoms with Gasteiger partial charge in [-0.2, -0.15) is 0 Å². The first kappa shape index (κ1) is 21.3. The number of likely N-dealkylation sites (tertiary alicyclic amines) is 2. The number of hydrogen-bond acceptors (Lipinski definition) is 4. The van der Waals surface area contributed by atoms with E-state index in [1.54, 1.807) is 0 Å². The Morgan fingerprint density at radius 3 is 2.61 bits per heavy atom. The maximum absolute atomic E-state index is 12.8. The predicted molar refractivity (Wildman–Crippen MR) is 115 cm³/mol. The lowest BCUT2D eigenvalue weighted by Gasteiger charge is -2.42. The van der Waals surface area contributed by atoms with Gasteiger partial charge in [0.1, 0.15) is 0 Å². The molecule has 0 spiro atoms. The van der Waals surface area contributed by atoms with E-state index in [9.17, 15) is 4.79 Å². The number of piperidine rings is 2. The fraction of sp³-hybridized carbons (Fsp3) is 0.696. The van der Waals surface area contributed by atoms with E-state index >= 15 is 0 Å². The molecule has 1 aromatic rings. The minimum atomic E-state index is 0.187. The molecule has 2 aliphatic rings. The summed E-state index contributed by atoms with van der Waals surface area (Å²) >= 11 is 0. The van der Waals surface area contributed by atoms with Crippen molar-refractivity contribution in [1.82, 2.24) is 20.0 Å². The summed E-state index contributed by atoms with van der Waals surface area (Å²) in [7, 11) is 3.89. The van der Waals surface area contributed by atoms with Crippen LogP contribution in [0, 0.1) is 5.92 Å². The zero-order chi connectivity index (χ0) is 19.8. The molecule has 156 valence electrons. The highest BCUT2D eigenvalue weighted by Gasteiger charge is 2.32. The number of likely N-dealkylation sites (N-methyl/N-ethyl adjacent to an activating group) is 2. The molecule has 1 aromatic carbocycles. The highest BCUT2D eigenvalue weighted by Crippen LogP contribution is 2.25. The molecule has 2 saturated heterocycles. The number of hydrogen-bond donors (Lipinski definition) is 1. The van der Waals surface area contributed by atoms with E-state index in [4.69, 9.17) is 0 Å². The summed E-state index contributed by atoms with van der Waals surface area (Å²) in [6.07, 6.45) is 5.83. The van der Waals surface area contributed by atoms with E-state index < -0.39 is 0 Å². The van der Waals surface area contributed by atoms with Crippen LogP contribution in [0.25, 0.3) is 0 Å². The topological polar surface area (TPSA) is 38.8 Å². The zero-order valence-electron chi connectivity index (χ0n) is 17.8. The van der Waals surface area contributed by atoms with Crippen molar-refractivity contribution in [3.8, 4) is 0 Å². The monoisotopic (exact) mass is 386 g/mol. The van der Waals surface area contributed by atoms with E-state index in [2.05, 4.69) is 45.4 Å². The molecule has 0 saturated carbocycles. The van der Waals surface area contributed by atoms with Gasteiger partial charge in [0, 0.05) is 39.3 Å². The van der Waals surface area contributed by atoms with Gasteiger partial charge < -0.3 is 15.1 Å². The second-order valence-corrected chi connectivity index (χ2v) is 8.51. The van der Waals surface area contributed by atoms with Gasteiger partial charge in [-0.15, -0.1) is 0 Å². The summed E-state index contributed by atoms with van der Waals surface area (Å²) in [5, 5.41) is 3.13. The summed E-state index contributed by atoms with van der Waals surface area (Å²) in [4.78, 5) is 19.9. The average molecular weight is 387 g/mol. The molecule has 28 heavy (non-hydrogen) atoms. The van der Waals surface area contributed by atoms with Gasteiger partial charge in [-0.05, 0) is 64.3 Å². The molecule has 0 radical (unpaired) electrons. The Morgan fingerprint density at radius 2 is 1.89 bits per heavy atom. The molecule has 0 aliphatic carbocycles. The lowest BCUT2D eigenvalue weighted by atomic mass is 9.93. The van der Waals surface area contributed by atoms with Gasteiger partial charge in [0.05, 0.1) is 5.92 Å². The minimum Gasteiger partial charge on any atom is -0.344 e. The van der Waals surface area contributed by atoms with Crippen LogP contribution in [0.1, 0.15) is 31.2 Å².